The van der Waals surface area contributed by atoms with Crippen molar-refractivity contribution in [2.45, 2.75) is 57.5 Å². The van der Waals surface area contributed by atoms with Crippen molar-refractivity contribution in [1.82, 2.24) is 15.1 Å². The third-order valence-electron chi connectivity index (χ3n) is 7.06. The van der Waals surface area contributed by atoms with Gasteiger partial charge in [-0.2, -0.15) is 5.10 Å². The van der Waals surface area contributed by atoms with Crippen LogP contribution in [0.1, 0.15) is 45.4 Å². The molecule has 1 N–H and O–H groups in total. The molecule has 0 unspecified atom stereocenters. The second-order valence-electron chi connectivity index (χ2n) is 9.42. The topological polar surface area (TPSA) is 73.2 Å². The van der Waals surface area contributed by atoms with Crippen LogP contribution in [-0.4, -0.2) is 27.8 Å². The number of hydrogen-bond acceptors (Lipinski definition) is 4. The minimum atomic E-state index is -0.259. The van der Waals surface area contributed by atoms with E-state index in [1.165, 1.54) is 30.0 Å². The molecule has 0 aliphatic heterocycles. The Labute approximate surface area is 176 Å². The van der Waals surface area contributed by atoms with Crippen molar-refractivity contribution < 1.29 is 9.53 Å². The van der Waals surface area contributed by atoms with E-state index in [1.54, 1.807) is 6.07 Å². The van der Waals surface area contributed by atoms with Crippen LogP contribution in [0.25, 0.3) is 11.3 Å². The van der Waals surface area contributed by atoms with Crippen LogP contribution in [0, 0.1) is 17.8 Å². The Kier molecular flexibility index (Phi) is 4.88. The molecule has 1 aromatic carbocycles. The molecule has 1 aromatic heterocycles. The molecule has 2 aromatic rings. The van der Waals surface area contributed by atoms with Gasteiger partial charge in [-0.05, 0) is 93.5 Å². The van der Waals surface area contributed by atoms with E-state index in [0.717, 1.165) is 48.3 Å². The van der Waals surface area contributed by atoms with Crippen LogP contribution in [0.4, 0.5) is 0 Å². The van der Waals surface area contributed by atoms with Gasteiger partial charge < -0.3 is 10.1 Å². The second-order valence-corrected chi connectivity index (χ2v) is 9.42. The van der Waals surface area contributed by atoms with Gasteiger partial charge >= 0.3 is 0 Å². The van der Waals surface area contributed by atoms with Gasteiger partial charge in [0, 0.05) is 17.2 Å². The molecule has 6 nitrogen and oxygen atoms in total. The molecule has 4 bridgehead atoms. The number of nitrogens with one attached hydrogen (secondary N) is 1. The van der Waals surface area contributed by atoms with Crippen molar-refractivity contribution in [3.05, 3.63) is 46.8 Å². The molecule has 30 heavy (non-hydrogen) atoms. The molecule has 0 spiro atoms. The first-order chi connectivity index (χ1) is 14.5. The zero-order valence-electron chi connectivity index (χ0n) is 17.5. The Balaban J connectivity index is 1.30. The lowest BCUT2D eigenvalue weighted by Gasteiger charge is -2.56. The molecular weight excluding hydrogens is 378 g/mol. The summed E-state index contributed by atoms with van der Waals surface area (Å²) in [4.78, 5) is 25.2. The van der Waals surface area contributed by atoms with E-state index >= 15 is 0 Å². The van der Waals surface area contributed by atoms with Gasteiger partial charge in [0.2, 0.25) is 5.91 Å². The minimum Gasteiger partial charge on any atom is -0.494 e. The zero-order valence-corrected chi connectivity index (χ0v) is 17.5. The Hall–Kier alpha value is -2.63. The van der Waals surface area contributed by atoms with Gasteiger partial charge in [-0.1, -0.05) is 0 Å². The lowest BCUT2D eigenvalue weighted by Crippen LogP contribution is -2.60. The van der Waals surface area contributed by atoms with E-state index in [0.29, 0.717) is 12.3 Å². The number of carbonyl (C=O) groups excluding carboxylic acids is 1. The van der Waals surface area contributed by atoms with Gasteiger partial charge in [-0.3, -0.25) is 9.59 Å². The van der Waals surface area contributed by atoms with Gasteiger partial charge in [0.25, 0.3) is 5.56 Å². The maximum Gasteiger partial charge on any atom is 0.267 e. The van der Waals surface area contributed by atoms with E-state index in [9.17, 15) is 9.59 Å². The van der Waals surface area contributed by atoms with Crippen molar-refractivity contribution in [3.8, 4) is 17.0 Å². The maximum atomic E-state index is 12.9. The van der Waals surface area contributed by atoms with E-state index < -0.39 is 0 Å². The highest BCUT2D eigenvalue weighted by molar-refractivity contribution is 5.76. The van der Waals surface area contributed by atoms with Crippen LogP contribution < -0.4 is 15.6 Å². The molecule has 0 radical (unpaired) electrons. The van der Waals surface area contributed by atoms with Crippen molar-refractivity contribution in [3.63, 3.8) is 0 Å². The average Bonchev–Trinajstić information content (AvgIpc) is 2.69. The fraction of sp³-hybridized carbons (Fsp3) is 0.542. The van der Waals surface area contributed by atoms with Crippen LogP contribution in [0.15, 0.2) is 41.2 Å². The fourth-order valence-corrected chi connectivity index (χ4v) is 6.34. The van der Waals surface area contributed by atoms with Crippen LogP contribution in [-0.2, 0) is 11.3 Å². The lowest BCUT2D eigenvalue weighted by atomic mass is 9.53. The summed E-state index contributed by atoms with van der Waals surface area (Å²) < 4.78 is 6.76. The number of benzene rings is 1. The smallest absolute Gasteiger partial charge is 0.267 e. The predicted molar refractivity (Wildman–Crippen MR) is 114 cm³/mol. The largest absolute Gasteiger partial charge is 0.494 e. The minimum absolute atomic E-state index is 0.0363. The van der Waals surface area contributed by atoms with Crippen molar-refractivity contribution in [1.29, 1.82) is 0 Å². The quantitative estimate of drug-likeness (QED) is 0.797. The molecule has 1 amide bonds. The molecule has 0 saturated heterocycles. The molecule has 4 aliphatic rings. The Morgan fingerprint density at radius 3 is 2.30 bits per heavy atom. The van der Waals surface area contributed by atoms with E-state index in [-0.39, 0.29) is 23.6 Å². The highest BCUT2D eigenvalue weighted by Crippen LogP contribution is 2.55. The number of aromatic nitrogens is 2. The summed E-state index contributed by atoms with van der Waals surface area (Å²) >= 11 is 0. The SMILES string of the molecule is CCOc1ccc(-c2ccc(=O)n(CC(=O)NC34CC5CC(CC(C5)C3)C4)n2)cc1. The molecule has 4 aliphatic carbocycles. The second kappa shape index (κ2) is 7.56. The number of hydrogen-bond donors (Lipinski definition) is 1. The normalized spacial score (nSPS) is 29.0. The first kappa shape index (κ1) is 19.3. The average molecular weight is 408 g/mol. The van der Waals surface area contributed by atoms with Crippen LogP contribution in [0.2, 0.25) is 0 Å². The van der Waals surface area contributed by atoms with Crippen LogP contribution in [0.5, 0.6) is 5.75 Å². The Bertz CT molecular complexity index is 960. The molecule has 6 heteroatoms. The van der Waals surface area contributed by atoms with Crippen molar-refractivity contribution in [2.24, 2.45) is 17.8 Å². The zero-order chi connectivity index (χ0) is 20.7. The molecule has 0 atom stereocenters. The summed E-state index contributed by atoms with van der Waals surface area (Å²) in [6.45, 7) is 2.52. The first-order valence-electron chi connectivity index (χ1n) is 11.1. The molecular formula is C24H29N3O3. The molecule has 4 fully saturated rings. The number of carbonyl (C=O) groups is 1. The maximum absolute atomic E-state index is 12.9. The third kappa shape index (κ3) is 3.75. The Morgan fingerprint density at radius 1 is 1.07 bits per heavy atom. The van der Waals surface area contributed by atoms with E-state index in [4.69, 9.17) is 4.74 Å². The van der Waals surface area contributed by atoms with Crippen LogP contribution in [0.3, 0.4) is 0 Å². The number of rotatable bonds is 6. The Morgan fingerprint density at radius 2 is 1.70 bits per heavy atom. The van der Waals surface area contributed by atoms with Crippen molar-refractivity contribution >= 4 is 5.91 Å². The van der Waals surface area contributed by atoms with E-state index in [1.807, 2.05) is 31.2 Å². The molecule has 4 saturated carbocycles. The summed E-state index contributed by atoms with van der Waals surface area (Å²) in [6.07, 6.45) is 7.29. The third-order valence-corrected chi connectivity index (χ3v) is 7.06. The molecule has 6 rings (SSSR count). The fourth-order valence-electron chi connectivity index (χ4n) is 6.34. The molecule has 1 heterocycles. The van der Waals surface area contributed by atoms with Gasteiger partial charge in [0.15, 0.2) is 0 Å². The highest BCUT2D eigenvalue weighted by Gasteiger charge is 2.51. The van der Waals surface area contributed by atoms with Gasteiger partial charge in [-0.25, -0.2) is 4.68 Å². The number of nitrogens with zero attached hydrogens (tertiary/aromatic N) is 2. The number of amides is 1. The summed E-state index contributed by atoms with van der Waals surface area (Å²) in [7, 11) is 0. The predicted octanol–water partition coefficient (Wildman–Crippen LogP) is 3.39. The van der Waals surface area contributed by atoms with Crippen LogP contribution >= 0.6 is 0 Å². The highest BCUT2D eigenvalue weighted by atomic mass is 16.5. The van der Waals surface area contributed by atoms with Gasteiger partial charge in [0.05, 0.1) is 12.3 Å². The van der Waals surface area contributed by atoms with E-state index in [2.05, 4.69) is 10.4 Å². The lowest BCUT2D eigenvalue weighted by molar-refractivity contribution is -0.127. The first-order valence-corrected chi connectivity index (χ1v) is 11.1. The summed E-state index contributed by atoms with van der Waals surface area (Å²) in [6, 6.07) is 10.8. The van der Waals surface area contributed by atoms with Crippen molar-refractivity contribution in [2.75, 3.05) is 6.61 Å². The summed E-state index contributed by atoms with van der Waals surface area (Å²) in [5.74, 6) is 2.99. The number of ether oxygens (including phenoxy) is 1. The van der Waals surface area contributed by atoms with Gasteiger partial charge in [-0.15, -0.1) is 0 Å². The summed E-state index contributed by atoms with van der Waals surface area (Å²) in [5.41, 5.74) is 1.24. The molecule has 158 valence electrons. The monoisotopic (exact) mass is 407 g/mol. The standard InChI is InChI=1S/C24H29N3O3/c1-2-30-20-5-3-19(4-6-20)21-7-8-23(29)27(26-21)15-22(28)25-24-12-16-9-17(13-24)11-18(10-16)14-24/h3-8,16-18H,2,9-15H2,1H3,(H,25,28). The summed E-state index contributed by atoms with van der Waals surface area (Å²) in [5, 5.41) is 7.78. The van der Waals surface area contributed by atoms with Gasteiger partial charge in [0.1, 0.15) is 12.3 Å².